The van der Waals surface area contributed by atoms with E-state index in [1.165, 1.54) is 0 Å². The van der Waals surface area contributed by atoms with Crippen LogP contribution in [0.3, 0.4) is 0 Å². The normalized spacial score (nSPS) is 16.1. The van der Waals surface area contributed by atoms with Gasteiger partial charge in [-0.05, 0) is 37.0 Å². The third-order valence-corrected chi connectivity index (χ3v) is 4.16. The molecule has 1 aromatic carbocycles. The Morgan fingerprint density at radius 1 is 1.43 bits per heavy atom. The molecule has 1 fully saturated rings. The van der Waals surface area contributed by atoms with E-state index in [2.05, 4.69) is 5.32 Å². The maximum Gasteiger partial charge on any atom is 0.323 e. The van der Waals surface area contributed by atoms with Crippen molar-refractivity contribution < 1.29 is 14.7 Å². The number of carbonyl (C=O) groups is 2. The zero-order chi connectivity index (χ0) is 15.5. The second-order valence-corrected chi connectivity index (χ2v) is 5.91. The molecule has 114 valence electrons. The number of benzene rings is 1. The first-order valence-electron chi connectivity index (χ1n) is 6.90. The summed E-state index contributed by atoms with van der Waals surface area (Å²) >= 11 is 5.91. The average molecular weight is 311 g/mol. The number of nitrogens with zero attached hydrogens (tertiary/aromatic N) is 1. The Kier molecular flexibility index (Phi) is 4.85. The van der Waals surface area contributed by atoms with Gasteiger partial charge >= 0.3 is 5.97 Å². The molecule has 2 N–H and O–H groups in total. The molecule has 2 rings (SSSR count). The van der Waals surface area contributed by atoms with Gasteiger partial charge in [-0.2, -0.15) is 0 Å². The SMILES string of the molecule is CN(Cc1cccc(Cl)c1)C(=O)CNC1(C(=O)O)CCC1. The molecular weight excluding hydrogens is 292 g/mol. The minimum Gasteiger partial charge on any atom is -0.480 e. The highest BCUT2D eigenvalue weighted by atomic mass is 35.5. The van der Waals surface area contributed by atoms with E-state index in [0.717, 1.165) is 12.0 Å². The lowest BCUT2D eigenvalue weighted by Gasteiger charge is -2.38. The predicted molar refractivity (Wildman–Crippen MR) is 80.1 cm³/mol. The molecule has 1 aliphatic rings. The van der Waals surface area contributed by atoms with Crippen molar-refractivity contribution in [3.8, 4) is 0 Å². The number of aliphatic carboxylic acids is 1. The van der Waals surface area contributed by atoms with Gasteiger partial charge in [0.05, 0.1) is 6.54 Å². The van der Waals surface area contributed by atoms with Crippen molar-refractivity contribution in [3.63, 3.8) is 0 Å². The number of carboxylic acid groups (broad SMARTS) is 1. The van der Waals surface area contributed by atoms with E-state index in [0.29, 0.717) is 24.4 Å². The molecule has 5 nitrogen and oxygen atoms in total. The zero-order valence-electron chi connectivity index (χ0n) is 11.9. The van der Waals surface area contributed by atoms with Gasteiger partial charge in [-0.25, -0.2) is 0 Å². The summed E-state index contributed by atoms with van der Waals surface area (Å²) in [6.07, 6.45) is 2.03. The van der Waals surface area contributed by atoms with Crippen LogP contribution in [0.25, 0.3) is 0 Å². The first-order valence-corrected chi connectivity index (χ1v) is 7.27. The van der Waals surface area contributed by atoms with E-state index in [-0.39, 0.29) is 12.5 Å². The van der Waals surface area contributed by atoms with Crippen molar-refractivity contribution in [1.82, 2.24) is 10.2 Å². The minimum atomic E-state index is -0.910. The fraction of sp³-hybridized carbons (Fsp3) is 0.467. The molecule has 1 aromatic rings. The quantitative estimate of drug-likeness (QED) is 0.842. The van der Waals surface area contributed by atoms with Crippen LogP contribution >= 0.6 is 11.6 Å². The van der Waals surface area contributed by atoms with E-state index in [1.807, 2.05) is 18.2 Å². The van der Waals surface area contributed by atoms with Crippen LogP contribution in [0, 0.1) is 0 Å². The number of rotatable bonds is 6. The highest BCUT2D eigenvalue weighted by Gasteiger charge is 2.44. The Balaban J connectivity index is 1.87. The van der Waals surface area contributed by atoms with Gasteiger partial charge in [-0.3, -0.25) is 14.9 Å². The lowest BCUT2D eigenvalue weighted by atomic mass is 9.77. The molecule has 0 aliphatic heterocycles. The van der Waals surface area contributed by atoms with E-state index in [4.69, 9.17) is 11.6 Å². The fourth-order valence-corrected chi connectivity index (χ4v) is 2.59. The number of carbonyl (C=O) groups excluding carboxylic acids is 1. The maximum absolute atomic E-state index is 12.1. The Morgan fingerprint density at radius 2 is 2.14 bits per heavy atom. The van der Waals surface area contributed by atoms with Crippen LogP contribution in [0.15, 0.2) is 24.3 Å². The highest BCUT2D eigenvalue weighted by Crippen LogP contribution is 2.31. The summed E-state index contributed by atoms with van der Waals surface area (Å²) < 4.78 is 0. The monoisotopic (exact) mass is 310 g/mol. The molecule has 0 radical (unpaired) electrons. The fourth-order valence-electron chi connectivity index (χ4n) is 2.37. The summed E-state index contributed by atoms with van der Waals surface area (Å²) in [7, 11) is 1.69. The van der Waals surface area contributed by atoms with Gasteiger partial charge < -0.3 is 10.0 Å². The van der Waals surface area contributed by atoms with Gasteiger partial charge in [0.2, 0.25) is 5.91 Å². The molecule has 0 heterocycles. The smallest absolute Gasteiger partial charge is 0.323 e. The molecule has 21 heavy (non-hydrogen) atoms. The first-order chi connectivity index (χ1) is 9.93. The van der Waals surface area contributed by atoms with Crippen LogP contribution in [0.4, 0.5) is 0 Å². The minimum absolute atomic E-state index is 0.0311. The lowest BCUT2D eigenvalue weighted by molar-refractivity contribution is -0.149. The van der Waals surface area contributed by atoms with Crippen LogP contribution in [-0.4, -0.2) is 41.0 Å². The second kappa shape index (κ2) is 6.45. The van der Waals surface area contributed by atoms with Crippen molar-refractivity contribution in [2.24, 2.45) is 0 Å². The van der Waals surface area contributed by atoms with Gasteiger partial charge in [0.1, 0.15) is 5.54 Å². The molecule has 0 unspecified atom stereocenters. The number of amides is 1. The van der Waals surface area contributed by atoms with E-state index >= 15 is 0 Å². The predicted octanol–water partition coefficient (Wildman–Crippen LogP) is 1.90. The van der Waals surface area contributed by atoms with Crippen molar-refractivity contribution >= 4 is 23.5 Å². The summed E-state index contributed by atoms with van der Waals surface area (Å²) in [5.74, 6) is -1.01. The summed E-state index contributed by atoms with van der Waals surface area (Å²) in [6, 6.07) is 7.32. The number of likely N-dealkylation sites (N-methyl/N-ethyl adjacent to an activating group) is 1. The first kappa shape index (κ1) is 15.8. The molecule has 1 aliphatic carbocycles. The van der Waals surface area contributed by atoms with Crippen LogP contribution in [0.2, 0.25) is 5.02 Å². The molecule has 0 saturated heterocycles. The second-order valence-electron chi connectivity index (χ2n) is 5.47. The van der Waals surface area contributed by atoms with Crippen molar-refractivity contribution in [2.75, 3.05) is 13.6 Å². The standard InChI is InChI=1S/C15H19ClN2O3/c1-18(10-11-4-2-5-12(16)8-11)13(19)9-17-15(14(20)21)6-3-7-15/h2,4-5,8,17H,3,6-7,9-10H2,1H3,(H,20,21). The Hall–Kier alpha value is -1.59. The Morgan fingerprint density at radius 3 is 2.67 bits per heavy atom. The van der Waals surface area contributed by atoms with Gasteiger partial charge in [0, 0.05) is 18.6 Å². The van der Waals surface area contributed by atoms with E-state index < -0.39 is 11.5 Å². The number of carboxylic acids is 1. The number of hydrogen-bond acceptors (Lipinski definition) is 3. The number of hydrogen-bond donors (Lipinski definition) is 2. The van der Waals surface area contributed by atoms with Gasteiger partial charge in [-0.15, -0.1) is 0 Å². The molecule has 6 heteroatoms. The molecule has 0 spiro atoms. The summed E-state index contributed by atoms with van der Waals surface area (Å²) in [5, 5.41) is 12.7. The molecule has 0 bridgehead atoms. The van der Waals surface area contributed by atoms with Crippen LogP contribution in [0.1, 0.15) is 24.8 Å². The van der Waals surface area contributed by atoms with Crippen LogP contribution in [-0.2, 0) is 16.1 Å². The third-order valence-electron chi connectivity index (χ3n) is 3.93. The molecule has 0 atom stereocenters. The Bertz CT molecular complexity index is 543. The van der Waals surface area contributed by atoms with Gasteiger partial charge in [0.15, 0.2) is 0 Å². The zero-order valence-corrected chi connectivity index (χ0v) is 12.7. The molecule has 1 amide bonds. The van der Waals surface area contributed by atoms with Crippen molar-refractivity contribution in [2.45, 2.75) is 31.3 Å². The molecule has 1 saturated carbocycles. The van der Waals surface area contributed by atoms with Gasteiger partial charge in [-0.1, -0.05) is 23.7 Å². The maximum atomic E-state index is 12.1. The van der Waals surface area contributed by atoms with Crippen LogP contribution in [0.5, 0.6) is 0 Å². The lowest BCUT2D eigenvalue weighted by Crippen LogP contribution is -2.59. The van der Waals surface area contributed by atoms with Crippen LogP contribution < -0.4 is 5.32 Å². The summed E-state index contributed by atoms with van der Waals surface area (Å²) in [4.78, 5) is 24.9. The highest BCUT2D eigenvalue weighted by molar-refractivity contribution is 6.30. The topological polar surface area (TPSA) is 69.6 Å². The van der Waals surface area contributed by atoms with E-state index in [1.54, 1.807) is 18.0 Å². The third kappa shape index (κ3) is 3.74. The van der Waals surface area contributed by atoms with Crippen molar-refractivity contribution in [1.29, 1.82) is 0 Å². The summed E-state index contributed by atoms with van der Waals surface area (Å²) in [5.41, 5.74) is 0.0296. The van der Waals surface area contributed by atoms with Gasteiger partial charge in [0.25, 0.3) is 0 Å². The van der Waals surface area contributed by atoms with Crippen molar-refractivity contribution in [3.05, 3.63) is 34.9 Å². The summed E-state index contributed by atoms with van der Waals surface area (Å²) in [6.45, 7) is 0.477. The molecule has 0 aromatic heterocycles. The number of halogens is 1. The largest absolute Gasteiger partial charge is 0.480 e. The average Bonchev–Trinajstić information content (AvgIpc) is 2.36. The number of nitrogens with one attached hydrogen (secondary N) is 1. The van der Waals surface area contributed by atoms with E-state index in [9.17, 15) is 14.7 Å². The molecular formula is C15H19ClN2O3. The Labute approximate surface area is 128 Å².